The number of rotatable bonds is 3. The number of nitrogens with one attached hydrogen (secondary N) is 1. The van der Waals surface area contributed by atoms with Gasteiger partial charge in [-0.3, -0.25) is 4.79 Å². The second-order valence-corrected chi connectivity index (χ2v) is 5.81. The number of aliphatic hydroxyl groups is 1. The Morgan fingerprint density at radius 1 is 1.50 bits per heavy atom. The van der Waals surface area contributed by atoms with E-state index in [0.29, 0.717) is 14.9 Å². The molecule has 0 aliphatic carbocycles. The molecule has 0 saturated heterocycles. The molecule has 0 fully saturated rings. The number of halogens is 2. The van der Waals surface area contributed by atoms with E-state index in [1.165, 1.54) is 11.3 Å². The molecule has 0 radical (unpaired) electrons. The molecule has 3 nitrogen and oxygen atoms in total. The second kappa shape index (κ2) is 5.45. The van der Waals surface area contributed by atoms with Crippen LogP contribution in [0.1, 0.15) is 16.6 Å². The Balaban J connectivity index is 2.39. The zero-order valence-corrected chi connectivity index (χ0v) is 11.9. The van der Waals surface area contributed by atoms with Crippen LogP contribution in [-0.4, -0.2) is 23.7 Å². The minimum Gasteiger partial charge on any atom is -0.394 e. The quantitative estimate of drug-likeness (QED) is 0.914. The lowest BCUT2D eigenvalue weighted by atomic mass is 10.2. The first-order chi connectivity index (χ1) is 8.52. The fourth-order valence-corrected chi connectivity index (χ4v) is 3.22. The summed E-state index contributed by atoms with van der Waals surface area (Å²) in [4.78, 5) is 12.4. The molecule has 2 N–H and O–H groups in total. The van der Waals surface area contributed by atoms with Gasteiger partial charge in [0.05, 0.1) is 11.6 Å². The molecule has 18 heavy (non-hydrogen) atoms. The van der Waals surface area contributed by atoms with Gasteiger partial charge in [-0.1, -0.05) is 29.3 Å². The smallest absolute Gasteiger partial charge is 0.263 e. The Hall–Kier alpha value is -0.810. The first kappa shape index (κ1) is 13.6. The number of carbonyl (C=O) groups is 1. The van der Waals surface area contributed by atoms with Crippen molar-refractivity contribution in [2.75, 3.05) is 6.61 Å². The third-order valence-electron chi connectivity index (χ3n) is 2.45. The molecular formula is C12H11Cl2NO2S. The first-order valence-electron chi connectivity index (χ1n) is 5.32. The highest BCUT2D eigenvalue weighted by Crippen LogP contribution is 2.36. The van der Waals surface area contributed by atoms with Crippen LogP contribution in [0.3, 0.4) is 0 Å². The van der Waals surface area contributed by atoms with Gasteiger partial charge in [0.15, 0.2) is 0 Å². The summed E-state index contributed by atoms with van der Waals surface area (Å²) >= 11 is 13.4. The Morgan fingerprint density at radius 2 is 2.22 bits per heavy atom. The molecule has 0 bridgehead atoms. The maximum atomic E-state index is 12.0. The van der Waals surface area contributed by atoms with Crippen molar-refractivity contribution in [3.63, 3.8) is 0 Å². The fraction of sp³-hybridized carbons (Fsp3) is 0.250. The maximum Gasteiger partial charge on any atom is 0.263 e. The SMILES string of the molecule is CC(CO)NC(=O)c1sc2cc(Cl)ccc2c1Cl. The Morgan fingerprint density at radius 3 is 2.89 bits per heavy atom. The molecule has 1 atom stereocenters. The molecule has 0 aliphatic rings. The molecule has 96 valence electrons. The minimum absolute atomic E-state index is 0.111. The van der Waals surface area contributed by atoms with E-state index in [4.69, 9.17) is 28.3 Å². The van der Waals surface area contributed by atoms with Crippen LogP contribution in [0.15, 0.2) is 18.2 Å². The van der Waals surface area contributed by atoms with Crippen LogP contribution in [0, 0.1) is 0 Å². The number of benzene rings is 1. The van der Waals surface area contributed by atoms with Crippen molar-refractivity contribution in [1.82, 2.24) is 5.32 Å². The Kier molecular flexibility index (Phi) is 4.12. The van der Waals surface area contributed by atoms with Crippen molar-refractivity contribution in [2.24, 2.45) is 0 Å². The molecule has 1 unspecified atom stereocenters. The Labute approximate surface area is 118 Å². The molecule has 1 aromatic carbocycles. The molecule has 0 spiro atoms. The third kappa shape index (κ3) is 2.62. The van der Waals surface area contributed by atoms with Crippen molar-refractivity contribution in [2.45, 2.75) is 13.0 Å². The van der Waals surface area contributed by atoms with Gasteiger partial charge in [-0.2, -0.15) is 0 Å². The highest BCUT2D eigenvalue weighted by Gasteiger charge is 2.18. The van der Waals surface area contributed by atoms with E-state index in [0.717, 1.165) is 10.1 Å². The van der Waals surface area contributed by atoms with Crippen LogP contribution in [0.5, 0.6) is 0 Å². The molecule has 1 aromatic heterocycles. The molecule has 1 amide bonds. The monoisotopic (exact) mass is 303 g/mol. The van der Waals surface area contributed by atoms with Gasteiger partial charge >= 0.3 is 0 Å². The van der Waals surface area contributed by atoms with Gasteiger partial charge in [0.25, 0.3) is 5.91 Å². The van der Waals surface area contributed by atoms with E-state index < -0.39 is 0 Å². The van der Waals surface area contributed by atoms with Crippen molar-refractivity contribution < 1.29 is 9.90 Å². The lowest BCUT2D eigenvalue weighted by Crippen LogP contribution is -2.34. The van der Waals surface area contributed by atoms with E-state index in [-0.39, 0.29) is 18.6 Å². The van der Waals surface area contributed by atoms with E-state index in [1.807, 2.05) is 0 Å². The Bertz CT molecular complexity index is 597. The average Bonchev–Trinajstić information content (AvgIpc) is 2.66. The minimum atomic E-state index is -0.303. The van der Waals surface area contributed by atoms with E-state index in [1.54, 1.807) is 25.1 Å². The van der Waals surface area contributed by atoms with Gasteiger partial charge in [0.2, 0.25) is 0 Å². The lowest BCUT2D eigenvalue weighted by molar-refractivity contribution is 0.0926. The summed E-state index contributed by atoms with van der Waals surface area (Å²) < 4.78 is 0.870. The summed E-state index contributed by atoms with van der Waals surface area (Å²) in [5.41, 5.74) is 0. The summed E-state index contributed by atoms with van der Waals surface area (Å²) in [6.45, 7) is 1.61. The van der Waals surface area contributed by atoms with Gasteiger partial charge in [0.1, 0.15) is 4.88 Å². The zero-order valence-electron chi connectivity index (χ0n) is 9.54. The van der Waals surface area contributed by atoms with Gasteiger partial charge in [-0.05, 0) is 19.1 Å². The predicted molar refractivity (Wildman–Crippen MR) is 75.9 cm³/mol. The van der Waals surface area contributed by atoms with E-state index in [2.05, 4.69) is 5.32 Å². The van der Waals surface area contributed by atoms with Crippen LogP contribution in [0.25, 0.3) is 10.1 Å². The predicted octanol–water partition coefficient (Wildman–Crippen LogP) is 3.32. The highest BCUT2D eigenvalue weighted by molar-refractivity contribution is 7.21. The fourth-order valence-electron chi connectivity index (χ4n) is 1.52. The second-order valence-electron chi connectivity index (χ2n) is 3.94. The number of carbonyl (C=O) groups excluding carboxylic acids is 1. The number of thiophene rings is 1. The molecular weight excluding hydrogens is 293 g/mol. The highest BCUT2D eigenvalue weighted by atomic mass is 35.5. The summed E-state index contributed by atoms with van der Waals surface area (Å²) in [6, 6.07) is 5.01. The zero-order chi connectivity index (χ0) is 13.3. The van der Waals surface area contributed by atoms with Crippen molar-refractivity contribution in [3.8, 4) is 0 Å². The normalized spacial score (nSPS) is 12.7. The number of fused-ring (bicyclic) bond motifs is 1. The van der Waals surface area contributed by atoms with E-state index in [9.17, 15) is 4.79 Å². The van der Waals surface area contributed by atoms with Crippen LogP contribution in [0.4, 0.5) is 0 Å². The lowest BCUT2D eigenvalue weighted by Gasteiger charge is -2.09. The topological polar surface area (TPSA) is 49.3 Å². The first-order valence-corrected chi connectivity index (χ1v) is 6.89. The number of aliphatic hydroxyl groups excluding tert-OH is 1. The molecule has 2 aromatic rings. The molecule has 0 saturated carbocycles. The number of hydrogen-bond donors (Lipinski definition) is 2. The molecule has 6 heteroatoms. The summed E-state index contributed by atoms with van der Waals surface area (Å²) in [6.07, 6.45) is 0. The summed E-state index contributed by atoms with van der Waals surface area (Å²) in [5.74, 6) is -0.279. The van der Waals surface area contributed by atoms with Crippen LogP contribution < -0.4 is 5.32 Å². The molecule has 0 aliphatic heterocycles. The average molecular weight is 304 g/mol. The van der Waals surface area contributed by atoms with Crippen molar-refractivity contribution in [1.29, 1.82) is 0 Å². The van der Waals surface area contributed by atoms with Gasteiger partial charge in [-0.25, -0.2) is 0 Å². The number of amides is 1. The van der Waals surface area contributed by atoms with Crippen LogP contribution in [0.2, 0.25) is 10.0 Å². The summed E-state index contributed by atoms with van der Waals surface area (Å²) in [7, 11) is 0. The summed E-state index contributed by atoms with van der Waals surface area (Å²) in [5, 5.41) is 13.4. The van der Waals surface area contributed by atoms with Crippen molar-refractivity contribution in [3.05, 3.63) is 33.1 Å². The molecule has 2 rings (SSSR count). The van der Waals surface area contributed by atoms with Gasteiger partial charge < -0.3 is 10.4 Å². The van der Waals surface area contributed by atoms with Gasteiger partial charge in [0, 0.05) is 21.2 Å². The van der Waals surface area contributed by atoms with E-state index >= 15 is 0 Å². The van der Waals surface area contributed by atoms with Gasteiger partial charge in [-0.15, -0.1) is 11.3 Å². The number of hydrogen-bond acceptors (Lipinski definition) is 3. The molecule has 1 heterocycles. The van der Waals surface area contributed by atoms with Crippen LogP contribution >= 0.6 is 34.5 Å². The van der Waals surface area contributed by atoms with Crippen molar-refractivity contribution >= 4 is 50.5 Å². The third-order valence-corrected chi connectivity index (χ3v) is 4.34. The largest absolute Gasteiger partial charge is 0.394 e. The maximum absolute atomic E-state index is 12.0. The standard InChI is InChI=1S/C12H11Cl2NO2S/c1-6(5-16)15-12(17)11-10(14)8-3-2-7(13)4-9(8)18-11/h2-4,6,16H,5H2,1H3,(H,15,17). The van der Waals surface area contributed by atoms with Crippen LogP contribution in [-0.2, 0) is 0 Å².